The normalized spacial score (nSPS) is 13.0. The number of ether oxygens (including phenoxy) is 2. The Bertz CT molecular complexity index is 831. The van der Waals surface area contributed by atoms with Crippen molar-refractivity contribution in [2.75, 3.05) is 26.1 Å². The van der Waals surface area contributed by atoms with Crippen LogP contribution in [-0.4, -0.2) is 38.5 Å². The first-order chi connectivity index (χ1) is 13.1. The van der Waals surface area contributed by atoms with Crippen LogP contribution in [-0.2, 0) is 0 Å². The van der Waals surface area contributed by atoms with Crippen LogP contribution in [0.25, 0.3) is 0 Å². The number of carbonyl (C=O) groups is 2. The highest BCUT2D eigenvalue weighted by Gasteiger charge is 2.24. The van der Waals surface area contributed by atoms with Gasteiger partial charge in [-0.05, 0) is 43.2 Å². The van der Waals surface area contributed by atoms with E-state index in [4.69, 9.17) is 9.47 Å². The van der Waals surface area contributed by atoms with E-state index >= 15 is 0 Å². The van der Waals surface area contributed by atoms with Gasteiger partial charge in [-0.25, -0.2) is 0 Å². The van der Waals surface area contributed by atoms with Gasteiger partial charge in [0.05, 0.1) is 19.8 Å². The lowest BCUT2D eigenvalue weighted by molar-refractivity contribution is 0.0950. The minimum atomic E-state index is -0.0770. The molecule has 1 saturated carbocycles. The van der Waals surface area contributed by atoms with Crippen LogP contribution in [0.3, 0.4) is 0 Å². The second kappa shape index (κ2) is 8.58. The van der Waals surface area contributed by atoms with E-state index < -0.39 is 0 Å². The number of benzene rings is 2. The molecule has 0 bridgehead atoms. The molecule has 0 aliphatic heterocycles. The molecule has 0 saturated heterocycles. The lowest BCUT2D eigenvalue weighted by atomic mass is 10.1. The van der Waals surface area contributed by atoms with Gasteiger partial charge >= 0.3 is 0 Å². The van der Waals surface area contributed by atoms with Crippen molar-refractivity contribution >= 4 is 17.4 Å². The maximum atomic E-state index is 12.5. The molecule has 142 valence electrons. The molecular formula is C21H24N2O4. The number of carbonyl (C=O) groups excluding carboxylic acids is 2. The van der Waals surface area contributed by atoms with Crippen molar-refractivity contribution in [3.05, 3.63) is 53.6 Å². The van der Waals surface area contributed by atoms with E-state index in [1.807, 2.05) is 18.2 Å². The van der Waals surface area contributed by atoms with Crippen LogP contribution in [0.4, 0.5) is 5.69 Å². The van der Waals surface area contributed by atoms with E-state index in [9.17, 15) is 9.59 Å². The Morgan fingerprint density at radius 2 is 1.78 bits per heavy atom. The van der Waals surface area contributed by atoms with E-state index in [0.29, 0.717) is 41.6 Å². The smallest absolute Gasteiger partial charge is 0.253 e. The number of anilines is 1. The second-order valence-corrected chi connectivity index (χ2v) is 6.46. The third-order valence-electron chi connectivity index (χ3n) is 4.46. The van der Waals surface area contributed by atoms with Crippen LogP contribution >= 0.6 is 0 Å². The van der Waals surface area contributed by atoms with Crippen molar-refractivity contribution in [2.45, 2.75) is 25.3 Å². The van der Waals surface area contributed by atoms with Gasteiger partial charge in [0.15, 0.2) is 17.3 Å². The number of hydrogen-bond acceptors (Lipinski definition) is 5. The molecule has 6 nitrogen and oxygen atoms in total. The molecule has 2 aromatic rings. The predicted molar refractivity (Wildman–Crippen MR) is 104 cm³/mol. The number of hydrogen-bond donors (Lipinski definition) is 2. The summed E-state index contributed by atoms with van der Waals surface area (Å²) in [6.45, 7) is 0.431. The number of para-hydroxylation sites is 1. The highest BCUT2D eigenvalue weighted by molar-refractivity contribution is 6.00. The topological polar surface area (TPSA) is 76.7 Å². The molecule has 27 heavy (non-hydrogen) atoms. The molecule has 0 spiro atoms. The zero-order valence-corrected chi connectivity index (χ0v) is 15.6. The molecule has 0 heterocycles. The molecule has 1 fully saturated rings. The molecule has 0 unspecified atom stereocenters. The molecule has 0 radical (unpaired) electrons. The minimum Gasteiger partial charge on any atom is -0.493 e. The van der Waals surface area contributed by atoms with E-state index in [0.717, 1.165) is 18.5 Å². The number of rotatable bonds is 9. The highest BCUT2D eigenvalue weighted by atomic mass is 16.5. The fourth-order valence-corrected chi connectivity index (χ4v) is 2.79. The summed E-state index contributed by atoms with van der Waals surface area (Å²) < 4.78 is 10.4. The summed E-state index contributed by atoms with van der Waals surface area (Å²) in [6, 6.07) is 12.8. The summed E-state index contributed by atoms with van der Waals surface area (Å²) in [5.74, 6) is 1.02. The summed E-state index contributed by atoms with van der Waals surface area (Å²) in [5.41, 5.74) is 1.90. The Labute approximate surface area is 158 Å². The van der Waals surface area contributed by atoms with Gasteiger partial charge < -0.3 is 20.1 Å². The first-order valence-electron chi connectivity index (χ1n) is 9.01. The van der Waals surface area contributed by atoms with E-state index in [-0.39, 0.29) is 11.7 Å². The number of Topliss-reactive ketones (excluding diaryl/α,β-unsaturated/α-hetero) is 1. The van der Waals surface area contributed by atoms with Gasteiger partial charge in [-0.15, -0.1) is 0 Å². The van der Waals surface area contributed by atoms with E-state index in [1.165, 1.54) is 7.11 Å². The van der Waals surface area contributed by atoms with Crippen LogP contribution in [0, 0.1) is 0 Å². The molecule has 3 rings (SSSR count). The first kappa shape index (κ1) is 18.8. The van der Waals surface area contributed by atoms with Crippen LogP contribution < -0.4 is 20.1 Å². The number of nitrogens with one attached hydrogen (secondary N) is 2. The second-order valence-electron chi connectivity index (χ2n) is 6.46. The monoisotopic (exact) mass is 368 g/mol. The van der Waals surface area contributed by atoms with Gasteiger partial charge in [0.2, 0.25) is 0 Å². The summed E-state index contributed by atoms with van der Waals surface area (Å²) in [7, 11) is 3.09. The third-order valence-corrected chi connectivity index (χ3v) is 4.46. The Hall–Kier alpha value is -3.02. The summed E-state index contributed by atoms with van der Waals surface area (Å²) in [6.07, 6.45) is 2.39. The zero-order valence-electron chi connectivity index (χ0n) is 15.6. The standard InChI is InChI=1S/C21H24N2O4/c1-26-19-10-7-14(13-20(19)27-2)18(24)11-12-22-17-6-4-3-5-16(17)21(25)23-15-8-9-15/h3-7,10,13,15,22H,8-9,11-12H2,1-2H3,(H,23,25). The third kappa shape index (κ3) is 4.78. The van der Waals surface area contributed by atoms with E-state index in [1.54, 1.807) is 31.4 Å². The summed E-state index contributed by atoms with van der Waals surface area (Å²) >= 11 is 0. The van der Waals surface area contributed by atoms with Crippen LogP contribution in [0.2, 0.25) is 0 Å². The summed E-state index contributed by atoms with van der Waals surface area (Å²) in [5, 5.41) is 6.19. The lowest BCUT2D eigenvalue weighted by Crippen LogP contribution is -2.26. The van der Waals surface area contributed by atoms with Crippen molar-refractivity contribution in [1.29, 1.82) is 0 Å². The maximum absolute atomic E-state index is 12.5. The van der Waals surface area contributed by atoms with Crippen molar-refractivity contribution in [3.63, 3.8) is 0 Å². The molecule has 0 aromatic heterocycles. The van der Waals surface area contributed by atoms with Gasteiger partial charge in [-0.2, -0.15) is 0 Å². The molecule has 2 aromatic carbocycles. The predicted octanol–water partition coefficient (Wildman–Crippen LogP) is 3.28. The Morgan fingerprint density at radius 1 is 1.04 bits per heavy atom. The average molecular weight is 368 g/mol. The largest absolute Gasteiger partial charge is 0.493 e. The fourth-order valence-electron chi connectivity index (χ4n) is 2.79. The number of amides is 1. The Kier molecular flexibility index (Phi) is 5.96. The SMILES string of the molecule is COc1ccc(C(=O)CCNc2ccccc2C(=O)NC2CC2)cc1OC. The van der Waals surface area contributed by atoms with E-state index in [2.05, 4.69) is 10.6 Å². The fraction of sp³-hybridized carbons (Fsp3) is 0.333. The van der Waals surface area contributed by atoms with Crippen molar-refractivity contribution < 1.29 is 19.1 Å². The molecule has 6 heteroatoms. The first-order valence-corrected chi connectivity index (χ1v) is 9.01. The Balaban J connectivity index is 1.59. The molecular weight excluding hydrogens is 344 g/mol. The van der Waals surface area contributed by atoms with Gasteiger partial charge in [-0.1, -0.05) is 12.1 Å². The lowest BCUT2D eigenvalue weighted by Gasteiger charge is -2.12. The molecule has 1 amide bonds. The van der Waals surface area contributed by atoms with Crippen molar-refractivity contribution in [1.82, 2.24) is 5.32 Å². The van der Waals surface area contributed by atoms with Crippen LogP contribution in [0.1, 0.15) is 40.0 Å². The van der Waals surface area contributed by atoms with Crippen LogP contribution in [0.5, 0.6) is 11.5 Å². The maximum Gasteiger partial charge on any atom is 0.253 e. The van der Waals surface area contributed by atoms with Gasteiger partial charge in [-0.3, -0.25) is 9.59 Å². The van der Waals surface area contributed by atoms with Gasteiger partial charge in [0.25, 0.3) is 5.91 Å². The summed E-state index contributed by atoms with van der Waals surface area (Å²) in [4.78, 5) is 24.8. The molecule has 2 N–H and O–H groups in total. The highest BCUT2D eigenvalue weighted by Crippen LogP contribution is 2.28. The van der Waals surface area contributed by atoms with Crippen LogP contribution in [0.15, 0.2) is 42.5 Å². The quantitative estimate of drug-likeness (QED) is 0.664. The van der Waals surface area contributed by atoms with Gasteiger partial charge in [0.1, 0.15) is 0 Å². The van der Waals surface area contributed by atoms with Crippen molar-refractivity contribution in [3.8, 4) is 11.5 Å². The zero-order chi connectivity index (χ0) is 19.2. The number of ketones is 1. The Morgan fingerprint density at radius 3 is 2.48 bits per heavy atom. The van der Waals surface area contributed by atoms with Gasteiger partial charge in [0, 0.05) is 30.3 Å². The molecule has 1 aliphatic carbocycles. The molecule has 0 atom stereocenters. The molecule has 1 aliphatic rings. The minimum absolute atomic E-state index is 0.0108. The van der Waals surface area contributed by atoms with Crippen molar-refractivity contribution in [2.24, 2.45) is 0 Å². The average Bonchev–Trinajstić information content (AvgIpc) is 3.51. The number of methoxy groups -OCH3 is 2.